The highest BCUT2D eigenvalue weighted by Crippen LogP contribution is 2.28. The van der Waals surface area contributed by atoms with Crippen molar-refractivity contribution in [3.63, 3.8) is 0 Å². The van der Waals surface area contributed by atoms with Crippen molar-refractivity contribution in [3.8, 4) is 0 Å². The summed E-state index contributed by atoms with van der Waals surface area (Å²) in [4.78, 5) is 3.93. The number of rotatable bonds is 6. The highest BCUT2D eigenvalue weighted by atomic mass is 35.5. The predicted octanol–water partition coefficient (Wildman–Crippen LogP) is 2.84. The molecule has 0 radical (unpaired) electrons. The SMILES string of the molecule is CCC(CC)(OC)C(O)Cc1ccncc1Cl. The van der Waals surface area contributed by atoms with Gasteiger partial charge in [-0.1, -0.05) is 25.4 Å². The second kappa shape index (κ2) is 6.34. The van der Waals surface area contributed by atoms with Crippen LogP contribution in [0, 0.1) is 0 Å². The van der Waals surface area contributed by atoms with E-state index < -0.39 is 11.7 Å². The van der Waals surface area contributed by atoms with Gasteiger partial charge in [-0.05, 0) is 24.5 Å². The molecule has 0 amide bonds. The minimum absolute atomic E-state index is 0.483. The quantitative estimate of drug-likeness (QED) is 0.852. The third kappa shape index (κ3) is 3.18. The van der Waals surface area contributed by atoms with E-state index in [1.54, 1.807) is 19.5 Å². The molecule has 0 saturated heterocycles. The zero-order chi connectivity index (χ0) is 12.9. The summed E-state index contributed by atoms with van der Waals surface area (Å²) in [6, 6.07) is 1.83. The fourth-order valence-electron chi connectivity index (χ4n) is 2.11. The van der Waals surface area contributed by atoms with Crippen molar-refractivity contribution < 1.29 is 9.84 Å². The van der Waals surface area contributed by atoms with Gasteiger partial charge in [0.05, 0.1) is 16.7 Å². The smallest absolute Gasteiger partial charge is 0.0934 e. The molecule has 1 N–H and O–H groups in total. The van der Waals surface area contributed by atoms with E-state index in [1.807, 2.05) is 19.9 Å². The van der Waals surface area contributed by atoms with Crippen molar-refractivity contribution >= 4 is 11.6 Å². The van der Waals surface area contributed by atoms with E-state index >= 15 is 0 Å². The molecule has 1 rings (SSSR count). The van der Waals surface area contributed by atoms with E-state index in [9.17, 15) is 5.11 Å². The minimum Gasteiger partial charge on any atom is -0.390 e. The Balaban J connectivity index is 2.84. The number of halogens is 1. The lowest BCUT2D eigenvalue weighted by Gasteiger charge is -2.35. The van der Waals surface area contributed by atoms with Gasteiger partial charge in [0, 0.05) is 25.9 Å². The molecule has 0 aliphatic carbocycles. The van der Waals surface area contributed by atoms with E-state index in [-0.39, 0.29) is 0 Å². The zero-order valence-corrected chi connectivity index (χ0v) is 11.4. The van der Waals surface area contributed by atoms with Crippen molar-refractivity contribution in [2.24, 2.45) is 0 Å². The lowest BCUT2D eigenvalue weighted by Crippen LogP contribution is -2.44. The molecule has 1 atom stereocenters. The molecule has 1 aromatic heterocycles. The Kier molecular flexibility index (Phi) is 5.37. The van der Waals surface area contributed by atoms with Gasteiger partial charge in [0.2, 0.25) is 0 Å². The monoisotopic (exact) mass is 257 g/mol. The number of ether oxygens (including phenoxy) is 1. The zero-order valence-electron chi connectivity index (χ0n) is 10.6. The number of aromatic nitrogens is 1. The molecule has 0 fully saturated rings. The summed E-state index contributed by atoms with van der Waals surface area (Å²) in [5.41, 5.74) is 0.407. The van der Waals surface area contributed by atoms with Crippen molar-refractivity contribution in [2.45, 2.75) is 44.8 Å². The van der Waals surface area contributed by atoms with Crippen LogP contribution in [0.3, 0.4) is 0 Å². The van der Waals surface area contributed by atoms with Gasteiger partial charge >= 0.3 is 0 Å². The number of pyridine rings is 1. The van der Waals surface area contributed by atoms with Gasteiger partial charge in [-0.3, -0.25) is 4.98 Å². The Morgan fingerprint density at radius 2 is 2.12 bits per heavy atom. The molecule has 1 aromatic rings. The van der Waals surface area contributed by atoms with Gasteiger partial charge in [0.1, 0.15) is 0 Å². The highest BCUT2D eigenvalue weighted by molar-refractivity contribution is 6.31. The molecule has 0 aliphatic rings. The van der Waals surface area contributed by atoms with Crippen molar-refractivity contribution in [2.75, 3.05) is 7.11 Å². The standard InChI is InChI=1S/C13H20ClNO2/c1-4-13(5-2,17-3)12(16)8-10-6-7-15-9-11(10)14/h6-7,9,12,16H,4-5,8H2,1-3H3. The maximum absolute atomic E-state index is 10.3. The molecular weight excluding hydrogens is 238 g/mol. The van der Waals surface area contributed by atoms with Gasteiger partial charge < -0.3 is 9.84 Å². The lowest BCUT2D eigenvalue weighted by molar-refractivity contribution is -0.106. The van der Waals surface area contributed by atoms with E-state index in [0.717, 1.165) is 18.4 Å². The van der Waals surface area contributed by atoms with Crippen LogP contribution in [0.2, 0.25) is 5.02 Å². The lowest BCUT2D eigenvalue weighted by atomic mass is 9.87. The Bertz CT molecular complexity index is 345. The van der Waals surface area contributed by atoms with Crippen LogP contribution in [0.25, 0.3) is 0 Å². The molecule has 1 heterocycles. The van der Waals surface area contributed by atoms with Crippen LogP contribution in [0.4, 0.5) is 0 Å². The Hall–Kier alpha value is -0.640. The van der Waals surface area contributed by atoms with Crippen LogP contribution in [0.15, 0.2) is 18.5 Å². The maximum atomic E-state index is 10.3. The van der Waals surface area contributed by atoms with E-state index in [4.69, 9.17) is 16.3 Å². The molecule has 0 bridgehead atoms. The average Bonchev–Trinajstić information content (AvgIpc) is 2.35. The Morgan fingerprint density at radius 3 is 2.59 bits per heavy atom. The summed E-state index contributed by atoms with van der Waals surface area (Å²) >= 11 is 6.03. The fraction of sp³-hybridized carbons (Fsp3) is 0.615. The van der Waals surface area contributed by atoms with E-state index in [2.05, 4.69) is 4.98 Å². The molecule has 0 saturated carbocycles. The molecule has 1 unspecified atom stereocenters. The molecule has 0 aliphatic heterocycles. The third-order valence-corrected chi connectivity index (χ3v) is 3.82. The first-order chi connectivity index (χ1) is 8.09. The fourth-order valence-corrected chi connectivity index (χ4v) is 2.31. The predicted molar refractivity (Wildman–Crippen MR) is 69.3 cm³/mol. The van der Waals surface area contributed by atoms with Crippen molar-refractivity contribution in [1.29, 1.82) is 0 Å². The van der Waals surface area contributed by atoms with Crippen LogP contribution in [-0.4, -0.2) is 28.9 Å². The van der Waals surface area contributed by atoms with Crippen LogP contribution < -0.4 is 0 Å². The van der Waals surface area contributed by atoms with Gasteiger partial charge in [-0.2, -0.15) is 0 Å². The Morgan fingerprint density at radius 1 is 1.47 bits per heavy atom. The maximum Gasteiger partial charge on any atom is 0.0934 e. The third-order valence-electron chi connectivity index (χ3n) is 3.48. The van der Waals surface area contributed by atoms with Crippen LogP contribution in [-0.2, 0) is 11.2 Å². The highest BCUT2D eigenvalue weighted by Gasteiger charge is 2.34. The number of nitrogens with zero attached hydrogens (tertiary/aromatic N) is 1. The Labute approximate surface area is 108 Å². The molecule has 0 aromatic carbocycles. The first-order valence-corrected chi connectivity index (χ1v) is 6.29. The second-order valence-electron chi connectivity index (χ2n) is 4.16. The second-order valence-corrected chi connectivity index (χ2v) is 4.57. The number of hydrogen-bond acceptors (Lipinski definition) is 3. The summed E-state index contributed by atoms with van der Waals surface area (Å²) in [6.07, 6.45) is 4.73. The number of hydrogen-bond donors (Lipinski definition) is 1. The first kappa shape index (κ1) is 14.4. The first-order valence-electron chi connectivity index (χ1n) is 5.91. The summed E-state index contributed by atoms with van der Waals surface area (Å²) in [7, 11) is 1.64. The largest absolute Gasteiger partial charge is 0.390 e. The summed E-state index contributed by atoms with van der Waals surface area (Å²) < 4.78 is 5.50. The van der Waals surface area contributed by atoms with Gasteiger partial charge in [-0.25, -0.2) is 0 Å². The number of aliphatic hydroxyl groups excluding tert-OH is 1. The normalized spacial score (nSPS) is 13.7. The molecule has 3 nitrogen and oxygen atoms in total. The van der Waals surface area contributed by atoms with Crippen molar-refractivity contribution in [3.05, 3.63) is 29.0 Å². The number of methoxy groups -OCH3 is 1. The summed E-state index contributed by atoms with van der Waals surface area (Å²) in [5.74, 6) is 0. The van der Waals surface area contributed by atoms with Gasteiger partial charge in [0.25, 0.3) is 0 Å². The van der Waals surface area contributed by atoms with Crippen molar-refractivity contribution in [1.82, 2.24) is 4.98 Å². The molecule has 0 spiro atoms. The van der Waals surface area contributed by atoms with Crippen LogP contribution >= 0.6 is 11.6 Å². The minimum atomic E-state index is -0.567. The molecular formula is C13H20ClNO2. The molecule has 96 valence electrons. The number of aliphatic hydroxyl groups is 1. The molecule has 4 heteroatoms. The summed E-state index contributed by atoms with van der Waals surface area (Å²) in [6.45, 7) is 4.04. The average molecular weight is 258 g/mol. The van der Waals surface area contributed by atoms with Crippen LogP contribution in [0.5, 0.6) is 0 Å². The van der Waals surface area contributed by atoms with E-state index in [0.29, 0.717) is 11.4 Å². The van der Waals surface area contributed by atoms with Crippen LogP contribution in [0.1, 0.15) is 32.3 Å². The van der Waals surface area contributed by atoms with E-state index in [1.165, 1.54) is 0 Å². The molecule has 17 heavy (non-hydrogen) atoms. The topological polar surface area (TPSA) is 42.4 Å². The summed E-state index contributed by atoms with van der Waals surface area (Å²) in [5, 5.41) is 10.9. The van der Waals surface area contributed by atoms with Gasteiger partial charge in [-0.15, -0.1) is 0 Å². The van der Waals surface area contributed by atoms with Gasteiger partial charge in [0.15, 0.2) is 0 Å².